The fourth-order valence-corrected chi connectivity index (χ4v) is 9.52. The molecule has 4 aliphatic carbocycles. The molecule has 4 aromatic carbocycles. The Kier molecular flexibility index (Phi) is 7.15. The van der Waals surface area contributed by atoms with Gasteiger partial charge in [-0.25, -0.2) is 0 Å². The Bertz CT molecular complexity index is 3090. The van der Waals surface area contributed by atoms with Gasteiger partial charge in [-0.1, -0.05) is 119 Å². The van der Waals surface area contributed by atoms with Crippen LogP contribution in [0.4, 0.5) is 0 Å². The summed E-state index contributed by atoms with van der Waals surface area (Å²) >= 11 is 0. The van der Waals surface area contributed by atoms with E-state index in [1.165, 1.54) is 22.3 Å². The standard InChI is InChI=1S/C52H53NO3/c1-24-15-32(41-35-22-30(51(9,10)11)17-26-16-28(49(3,4)5)20-33(37(24)41)39(26)35)43-46(54)44(48(56)47(43)55)45-42-36-23-31(52(12,13)14)19-27-18-29(50(6,7)8)21-34(40(27)36)38(42)25(2)53-45/h15-23,53-54H,1-14H3/p-1/b43-32-. The van der Waals surface area contributed by atoms with E-state index in [-0.39, 0.29) is 32.8 Å². The molecule has 0 aliphatic heterocycles. The molecule has 0 saturated heterocycles. The molecule has 0 spiro atoms. The number of benzene rings is 4. The molecule has 0 amide bonds. The molecule has 0 atom stereocenters. The van der Waals surface area contributed by atoms with Gasteiger partial charge in [0.25, 0.3) is 0 Å². The van der Waals surface area contributed by atoms with Crippen LogP contribution in [0.2, 0.25) is 0 Å². The van der Waals surface area contributed by atoms with Crippen LogP contribution in [-0.2, 0) is 31.2 Å². The maximum atomic E-state index is 15.1. The van der Waals surface area contributed by atoms with Gasteiger partial charge in [0, 0.05) is 28.0 Å². The van der Waals surface area contributed by atoms with Crippen molar-refractivity contribution in [2.45, 2.75) is 119 Å². The first-order chi connectivity index (χ1) is 25.9. The second-order valence-electron chi connectivity index (χ2n) is 20.9. The van der Waals surface area contributed by atoms with Crippen LogP contribution in [0.5, 0.6) is 0 Å². The summed E-state index contributed by atoms with van der Waals surface area (Å²) in [5.74, 6) is -1.97. The molecule has 0 unspecified atom stereocenters. The lowest BCUT2D eigenvalue weighted by Gasteiger charge is -2.23. The molecule has 5 aromatic rings. The average molecular weight is 739 g/mol. The van der Waals surface area contributed by atoms with E-state index in [4.69, 9.17) is 0 Å². The summed E-state index contributed by atoms with van der Waals surface area (Å²) in [6, 6.07) is 20.2. The van der Waals surface area contributed by atoms with Crippen molar-refractivity contribution >= 4 is 55.0 Å². The number of carbonyl (C=O) groups is 2. The minimum Gasteiger partial charge on any atom is -0.871 e. The van der Waals surface area contributed by atoms with Crippen molar-refractivity contribution in [1.82, 2.24) is 4.98 Å². The number of nitrogens with one attached hydrogen (secondary N) is 1. The SMILES string of the molecule is Cc1[nH]c(C2=C([O-])/C(=c3\cc(C)c4c5cc(C(C)(C)C)cc6cc(C(C)(C)C)cc(c3=4)c65)C(=O)C2=O)c2c1-c1cc(C(C)(C)C)cc3cc(C(C)(C)C)cc-2c13. The van der Waals surface area contributed by atoms with Crippen LogP contribution in [0.15, 0.2) is 60.4 Å². The number of rotatable bonds is 1. The van der Waals surface area contributed by atoms with Crippen molar-refractivity contribution in [3.63, 3.8) is 0 Å². The number of aromatic nitrogens is 1. The maximum Gasteiger partial charge on any atom is 0.235 e. The molecule has 56 heavy (non-hydrogen) atoms. The van der Waals surface area contributed by atoms with E-state index in [1.54, 1.807) is 0 Å². The zero-order valence-corrected chi connectivity index (χ0v) is 35.4. The zero-order chi connectivity index (χ0) is 40.5. The number of fused-ring (bicyclic) bond motifs is 5. The predicted molar refractivity (Wildman–Crippen MR) is 231 cm³/mol. The monoisotopic (exact) mass is 738 g/mol. The van der Waals surface area contributed by atoms with E-state index >= 15 is 5.11 Å². The van der Waals surface area contributed by atoms with Crippen molar-refractivity contribution in [2.75, 3.05) is 0 Å². The third-order valence-electron chi connectivity index (χ3n) is 12.7. The van der Waals surface area contributed by atoms with Gasteiger partial charge in [0.05, 0.1) is 5.69 Å². The summed E-state index contributed by atoms with van der Waals surface area (Å²) in [6.45, 7) is 30.7. The van der Waals surface area contributed by atoms with E-state index in [1.807, 2.05) is 13.0 Å². The van der Waals surface area contributed by atoms with Gasteiger partial charge in [0.15, 0.2) is 0 Å². The predicted octanol–water partition coefficient (Wildman–Crippen LogP) is 10.9. The van der Waals surface area contributed by atoms with Crippen LogP contribution in [0, 0.1) is 24.3 Å². The van der Waals surface area contributed by atoms with Crippen molar-refractivity contribution in [2.24, 2.45) is 0 Å². The van der Waals surface area contributed by atoms with Crippen LogP contribution in [0.3, 0.4) is 0 Å². The molecule has 4 heteroatoms. The van der Waals surface area contributed by atoms with E-state index in [2.05, 4.69) is 144 Å². The molecule has 1 aromatic heterocycles. The van der Waals surface area contributed by atoms with Crippen molar-refractivity contribution in [3.05, 3.63) is 115 Å². The van der Waals surface area contributed by atoms with Crippen molar-refractivity contribution in [1.29, 1.82) is 0 Å². The molecule has 0 saturated carbocycles. The number of H-pyrrole nitrogens is 1. The topological polar surface area (TPSA) is 73.0 Å². The summed E-state index contributed by atoms with van der Waals surface area (Å²) < 4.78 is 0. The average Bonchev–Trinajstić information content (AvgIpc) is 3.84. The van der Waals surface area contributed by atoms with E-state index in [9.17, 15) is 9.59 Å². The van der Waals surface area contributed by atoms with Gasteiger partial charge >= 0.3 is 0 Å². The first-order valence-corrected chi connectivity index (χ1v) is 20.1. The van der Waals surface area contributed by atoms with Gasteiger partial charge in [-0.15, -0.1) is 0 Å². The second kappa shape index (κ2) is 11.0. The Morgan fingerprint density at radius 1 is 0.500 bits per heavy atom. The molecular weight excluding hydrogens is 687 g/mol. The number of aromatic amines is 1. The molecule has 1 heterocycles. The van der Waals surface area contributed by atoms with Crippen LogP contribution < -0.4 is 10.3 Å². The van der Waals surface area contributed by atoms with E-state index in [0.29, 0.717) is 10.9 Å². The van der Waals surface area contributed by atoms with Crippen molar-refractivity contribution < 1.29 is 14.7 Å². The minimum atomic E-state index is -0.740. The Morgan fingerprint density at radius 3 is 1.43 bits per heavy atom. The third kappa shape index (κ3) is 4.90. The van der Waals surface area contributed by atoms with E-state index in [0.717, 1.165) is 76.3 Å². The molecule has 284 valence electrons. The van der Waals surface area contributed by atoms with Crippen LogP contribution in [-0.4, -0.2) is 16.6 Å². The lowest BCUT2D eigenvalue weighted by molar-refractivity contribution is -0.290. The van der Waals surface area contributed by atoms with Crippen LogP contribution in [0.1, 0.15) is 122 Å². The molecular formula is C52H52NO3-. The van der Waals surface area contributed by atoms with Gasteiger partial charge in [-0.3, -0.25) is 9.59 Å². The summed E-state index contributed by atoms with van der Waals surface area (Å²) in [4.78, 5) is 32.4. The molecule has 4 nitrogen and oxygen atoms in total. The first-order valence-electron chi connectivity index (χ1n) is 20.1. The van der Waals surface area contributed by atoms with Crippen LogP contribution in [0.25, 0.3) is 65.7 Å². The van der Waals surface area contributed by atoms with Gasteiger partial charge < -0.3 is 10.1 Å². The van der Waals surface area contributed by atoms with Crippen LogP contribution >= 0.6 is 0 Å². The fourth-order valence-electron chi connectivity index (χ4n) is 9.52. The quantitative estimate of drug-likeness (QED) is 0.170. The molecule has 4 aliphatic rings. The number of aryl methyl sites for hydroxylation is 2. The molecule has 0 fully saturated rings. The van der Waals surface area contributed by atoms with Gasteiger partial charge in [-0.2, -0.15) is 0 Å². The normalized spacial score (nSPS) is 16.3. The maximum absolute atomic E-state index is 15.1. The Morgan fingerprint density at radius 2 is 0.929 bits per heavy atom. The Balaban J connectivity index is 1.39. The summed E-state index contributed by atoms with van der Waals surface area (Å²) in [5, 5.41) is 24.3. The third-order valence-corrected chi connectivity index (χ3v) is 12.7. The number of hydrogen-bond acceptors (Lipinski definition) is 3. The number of ketones is 2. The minimum absolute atomic E-state index is 0.0207. The summed E-state index contributed by atoms with van der Waals surface area (Å²) in [6.07, 6.45) is 0. The highest BCUT2D eigenvalue weighted by Gasteiger charge is 2.39. The number of allylic oxidation sites excluding steroid dienone is 2. The fraction of sp³-hybridized carbons (Fsp3) is 0.346. The highest BCUT2D eigenvalue weighted by atomic mass is 16.3. The van der Waals surface area contributed by atoms with Gasteiger partial charge in [-0.05, 0) is 147 Å². The highest BCUT2D eigenvalue weighted by molar-refractivity contribution is 6.70. The molecule has 1 N–H and O–H groups in total. The van der Waals surface area contributed by atoms with E-state index < -0.39 is 17.3 Å². The smallest absolute Gasteiger partial charge is 0.235 e. The second-order valence-corrected chi connectivity index (χ2v) is 20.9. The molecule has 0 radical (unpaired) electrons. The Hall–Kier alpha value is -5.22. The van der Waals surface area contributed by atoms with Gasteiger partial charge in [0.1, 0.15) is 0 Å². The number of carbonyl (C=O) groups excluding carboxylic acids is 2. The molecule has 9 rings (SSSR count). The van der Waals surface area contributed by atoms with Crippen molar-refractivity contribution in [3.8, 4) is 22.3 Å². The largest absolute Gasteiger partial charge is 0.871 e. The lowest BCUT2D eigenvalue weighted by atomic mass is 9.81. The number of Topliss-reactive ketones (excluding diaryl/α,β-unsaturated/α-hetero) is 2. The van der Waals surface area contributed by atoms with Gasteiger partial charge in [0.2, 0.25) is 11.6 Å². The molecule has 0 bridgehead atoms. The lowest BCUT2D eigenvalue weighted by Crippen LogP contribution is -2.19. The summed E-state index contributed by atoms with van der Waals surface area (Å²) in [5.41, 5.74) is 10.5. The zero-order valence-electron chi connectivity index (χ0n) is 35.4. The Labute approximate surface area is 329 Å². The first kappa shape index (κ1) is 36.4. The summed E-state index contributed by atoms with van der Waals surface area (Å²) in [7, 11) is 0. The highest BCUT2D eigenvalue weighted by Crippen LogP contribution is 2.55. The number of hydrogen-bond donors (Lipinski definition) is 1.